The van der Waals surface area contributed by atoms with Gasteiger partial charge in [-0.25, -0.2) is 0 Å². The standard InChI is InChI=1S/C21H18ClNO/c1-13(24-2)19-20(14-6-4-3-5-7-14)17-12-16(22)10-11-18(17)23-21(19)15-8-9-15/h3-7,10-12,15H,1,8-9H2,2H3. The highest BCUT2D eigenvalue weighted by Gasteiger charge is 2.31. The molecule has 0 saturated heterocycles. The third kappa shape index (κ3) is 2.57. The van der Waals surface area contributed by atoms with Crippen molar-refractivity contribution in [2.24, 2.45) is 0 Å². The van der Waals surface area contributed by atoms with Crippen molar-refractivity contribution in [1.82, 2.24) is 4.98 Å². The van der Waals surface area contributed by atoms with Gasteiger partial charge in [-0.15, -0.1) is 0 Å². The first-order valence-corrected chi connectivity index (χ1v) is 8.48. The average molecular weight is 336 g/mol. The highest BCUT2D eigenvalue weighted by molar-refractivity contribution is 6.31. The van der Waals surface area contributed by atoms with Gasteiger partial charge in [0.2, 0.25) is 0 Å². The van der Waals surface area contributed by atoms with Gasteiger partial charge in [0.05, 0.1) is 18.3 Å². The summed E-state index contributed by atoms with van der Waals surface area (Å²) in [6, 6.07) is 16.2. The maximum atomic E-state index is 6.28. The lowest BCUT2D eigenvalue weighted by Crippen LogP contribution is -2.02. The van der Waals surface area contributed by atoms with Gasteiger partial charge >= 0.3 is 0 Å². The van der Waals surface area contributed by atoms with E-state index in [9.17, 15) is 0 Å². The van der Waals surface area contributed by atoms with Crippen LogP contribution < -0.4 is 0 Å². The van der Waals surface area contributed by atoms with Gasteiger partial charge in [-0.3, -0.25) is 4.98 Å². The summed E-state index contributed by atoms with van der Waals surface area (Å²) in [6.07, 6.45) is 2.34. The van der Waals surface area contributed by atoms with Gasteiger partial charge in [-0.05, 0) is 36.6 Å². The second-order valence-electron chi connectivity index (χ2n) is 6.18. The number of pyridine rings is 1. The van der Waals surface area contributed by atoms with E-state index in [1.807, 2.05) is 36.4 Å². The fraction of sp³-hybridized carbons (Fsp3) is 0.190. The largest absolute Gasteiger partial charge is 0.497 e. The molecule has 4 rings (SSSR count). The summed E-state index contributed by atoms with van der Waals surface area (Å²) in [4.78, 5) is 4.93. The van der Waals surface area contributed by atoms with E-state index in [0.29, 0.717) is 16.7 Å². The molecule has 1 aliphatic carbocycles. The molecule has 0 spiro atoms. The highest BCUT2D eigenvalue weighted by atomic mass is 35.5. The lowest BCUT2D eigenvalue weighted by molar-refractivity contribution is 0.371. The predicted molar refractivity (Wildman–Crippen MR) is 100 cm³/mol. The molecule has 0 aliphatic heterocycles. The fourth-order valence-corrected chi connectivity index (χ4v) is 3.37. The zero-order valence-electron chi connectivity index (χ0n) is 13.6. The summed E-state index contributed by atoms with van der Waals surface area (Å²) in [5.41, 5.74) is 5.31. The summed E-state index contributed by atoms with van der Waals surface area (Å²) in [5.74, 6) is 1.15. The maximum absolute atomic E-state index is 6.28. The number of methoxy groups -OCH3 is 1. The van der Waals surface area contributed by atoms with Crippen LogP contribution >= 0.6 is 11.6 Å². The Morgan fingerprint density at radius 2 is 1.92 bits per heavy atom. The number of ether oxygens (including phenoxy) is 1. The van der Waals surface area contributed by atoms with Crippen LogP contribution in [-0.2, 0) is 4.74 Å². The Labute approximate surface area is 146 Å². The summed E-state index contributed by atoms with van der Waals surface area (Å²) in [6.45, 7) is 4.13. The molecule has 1 aliphatic rings. The van der Waals surface area contributed by atoms with E-state index in [1.54, 1.807) is 7.11 Å². The van der Waals surface area contributed by atoms with E-state index < -0.39 is 0 Å². The quantitative estimate of drug-likeness (QED) is 0.541. The van der Waals surface area contributed by atoms with Gasteiger partial charge in [-0.1, -0.05) is 48.5 Å². The van der Waals surface area contributed by atoms with Gasteiger partial charge in [0, 0.05) is 27.5 Å². The Hall–Kier alpha value is -2.32. The smallest absolute Gasteiger partial charge is 0.121 e. The van der Waals surface area contributed by atoms with Crippen molar-refractivity contribution in [2.45, 2.75) is 18.8 Å². The first-order chi connectivity index (χ1) is 11.7. The van der Waals surface area contributed by atoms with Crippen LogP contribution in [0.1, 0.15) is 30.0 Å². The molecular weight excluding hydrogens is 318 g/mol. The average Bonchev–Trinajstić information content (AvgIpc) is 3.45. The zero-order chi connectivity index (χ0) is 16.7. The van der Waals surface area contributed by atoms with Gasteiger partial charge in [0.15, 0.2) is 0 Å². The predicted octanol–water partition coefficient (Wildman–Crippen LogP) is 6.05. The number of fused-ring (bicyclic) bond motifs is 1. The third-order valence-corrected chi connectivity index (χ3v) is 4.76. The van der Waals surface area contributed by atoms with Crippen LogP contribution in [0.2, 0.25) is 5.02 Å². The fourth-order valence-electron chi connectivity index (χ4n) is 3.20. The molecule has 0 radical (unpaired) electrons. The molecule has 1 fully saturated rings. The normalized spacial score (nSPS) is 13.9. The van der Waals surface area contributed by atoms with Crippen molar-refractivity contribution in [2.75, 3.05) is 7.11 Å². The van der Waals surface area contributed by atoms with Crippen LogP contribution in [0.3, 0.4) is 0 Å². The van der Waals surface area contributed by atoms with Crippen molar-refractivity contribution >= 4 is 28.3 Å². The molecule has 1 aromatic heterocycles. The number of rotatable bonds is 4. The molecule has 0 N–H and O–H groups in total. The van der Waals surface area contributed by atoms with Crippen molar-refractivity contribution in [1.29, 1.82) is 0 Å². The Kier molecular flexibility index (Phi) is 3.78. The van der Waals surface area contributed by atoms with Crippen LogP contribution in [0, 0.1) is 0 Å². The molecule has 3 heteroatoms. The van der Waals surface area contributed by atoms with E-state index in [0.717, 1.165) is 33.3 Å². The number of benzene rings is 2. The first-order valence-electron chi connectivity index (χ1n) is 8.11. The molecule has 1 heterocycles. The monoisotopic (exact) mass is 335 g/mol. The van der Waals surface area contributed by atoms with Crippen molar-refractivity contribution in [3.8, 4) is 11.1 Å². The van der Waals surface area contributed by atoms with Crippen LogP contribution in [0.15, 0.2) is 55.1 Å². The minimum Gasteiger partial charge on any atom is -0.497 e. The van der Waals surface area contributed by atoms with E-state index in [-0.39, 0.29) is 0 Å². The van der Waals surface area contributed by atoms with E-state index in [1.165, 1.54) is 12.8 Å². The second kappa shape index (κ2) is 5.95. The van der Waals surface area contributed by atoms with E-state index >= 15 is 0 Å². The number of hydrogen-bond donors (Lipinski definition) is 0. The molecule has 1 saturated carbocycles. The number of nitrogens with zero attached hydrogens (tertiary/aromatic N) is 1. The summed E-state index contributed by atoms with van der Waals surface area (Å²) in [5, 5.41) is 1.74. The minimum absolute atomic E-state index is 0.495. The summed E-state index contributed by atoms with van der Waals surface area (Å²) in [7, 11) is 1.66. The van der Waals surface area contributed by atoms with Crippen LogP contribution in [0.5, 0.6) is 0 Å². The van der Waals surface area contributed by atoms with Crippen molar-refractivity contribution in [3.63, 3.8) is 0 Å². The minimum atomic E-state index is 0.495. The summed E-state index contributed by atoms with van der Waals surface area (Å²) >= 11 is 6.28. The molecular formula is C21H18ClNO. The van der Waals surface area contributed by atoms with Crippen molar-refractivity contribution < 1.29 is 4.74 Å². The Morgan fingerprint density at radius 3 is 2.58 bits per heavy atom. The molecule has 2 aromatic carbocycles. The molecule has 3 aromatic rings. The van der Waals surface area contributed by atoms with E-state index in [2.05, 4.69) is 18.7 Å². The van der Waals surface area contributed by atoms with Crippen molar-refractivity contribution in [3.05, 3.63) is 71.4 Å². The lowest BCUT2D eigenvalue weighted by atomic mass is 9.92. The van der Waals surface area contributed by atoms with Gasteiger partial charge in [0.25, 0.3) is 0 Å². The highest BCUT2D eigenvalue weighted by Crippen LogP contribution is 2.47. The number of aromatic nitrogens is 1. The number of hydrogen-bond acceptors (Lipinski definition) is 2. The summed E-state index contributed by atoms with van der Waals surface area (Å²) < 4.78 is 5.53. The van der Waals surface area contributed by atoms with Crippen LogP contribution in [0.25, 0.3) is 27.8 Å². The maximum Gasteiger partial charge on any atom is 0.121 e. The molecule has 120 valence electrons. The molecule has 24 heavy (non-hydrogen) atoms. The Morgan fingerprint density at radius 1 is 1.17 bits per heavy atom. The molecule has 0 amide bonds. The zero-order valence-corrected chi connectivity index (χ0v) is 14.3. The van der Waals surface area contributed by atoms with E-state index in [4.69, 9.17) is 21.3 Å². The lowest BCUT2D eigenvalue weighted by Gasteiger charge is -2.18. The van der Waals surface area contributed by atoms with Gasteiger partial charge < -0.3 is 4.74 Å². The SMILES string of the molecule is C=C(OC)c1c(C2CC2)nc2ccc(Cl)cc2c1-c1ccccc1. The first kappa shape index (κ1) is 15.2. The third-order valence-electron chi connectivity index (χ3n) is 4.53. The van der Waals surface area contributed by atoms with Crippen LogP contribution in [0.4, 0.5) is 0 Å². The second-order valence-corrected chi connectivity index (χ2v) is 6.61. The molecule has 2 nitrogen and oxygen atoms in total. The topological polar surface area (TPSA) is 22.1 Å². The molecule has 0 atom stereocenters. The van der Waals surface area contributed by atoms with Gasteiger partial charge in [-0.2, -0.15) is 0 Å². The van der Waals surface area contributed by atoms with Crippen LogP contribution in [-0.4, -0.2) is 12.1 Å². The Balaban J connectivity index is 2.14. The van der Waals surface area contributed by atoms with Gasteiger partial charge in [0.1, 0.15) is 5.76 Å². The molecule has 0 bridgehead atoms. The Bertz CT molecular complexity index is 929. The number of halogens is 1. The molecule has 0 unspecified atom stereocenters.